The average Bonchev–Trinajstić information content (AvgIpc) is 3.71. The fourth-order valence-electron chi connectivity index (χ4n) is 7.87. The zero-order valence-corrected chi connectivity index (χ0v) is 30.5. The molecule has 2 amide bonds. The number of nitrogens with one attached hydrogen (secondary N) is 3. The molecule has 1 spiro atoms. The number of benzene rings is 2. The summed E-state index contributed by atoms with van der Waals surface area (Å²) in [7, 11) is 3.63. The summed E-state index contributed by atoms with van der Waals surface area (Å²) >= 11 is 6.63. The van der Waals surface area contributed by atoms with Crippen molar-refractivity contribution in [1.82, 2.24) is 34.2 Å². The number of piperidine rings is 2. The molecule has 3 aliphatic rings. The molecule has 2 saturated heterocycles. The second-order valence-electron chi connectivity index (χ2n) is 15.2. The molecule has 2 aromatic carbocycles. The van der Waals surface area contributed by atoms with Crippen LogP contribution in [0.4, 0.5) is 23.1 Å². The van der Waals surface area contributed by atoms with Crippen molar-refractivity contribution in [2.45, 2.75) is 88.4 Å². The number of fused-ring (bicyclic) bond motifs is 2. The monoisotopic (exact) mass is 726 g/mol. The summed E-state index contributed by atoms with van der Waals surface area (Å²) in [6, 6.07) is 12.1. The molecule has 5 aromatic rings. The first kappa shape index (κ1) is 34.2. The lowest BCUT2D eigenvalue weighted by molar-refractivity contribution is -0.134. The number of carbonyl (C=O) groups excluding carboxylic acids is 2. The van der Waals surface area contributed by atoms with Gasteiger partial charge in [-0.2, -0.15) is 10.1 Å². The van der Waals surface area contributed by atoms with Gasteiger partial charge < -0.3 is 20.6 Å². The second-order valence-corrected chi connectivity index (χ2v) is 15.6. The Hall–Kier alpha value is -4.95. The molecule has 1 aliphatic carbocycles. The van der Waals surface area contributed by atoms with Crippen LogP contribution in [0.5, 0.6) is 0 Å². The lowest BCUT2D eigenvalue weighted by atomic mass is 9.92. The summed E-state index contributed by atoms with van der Waals surface area (Å²) in [4.78, 5) is 49.2. The molecule has 2 atom stereocenters. The third-order valence-corrected chi connectivity index (χ3v) is 11.2. The molecule has 0 bridgehead atoms. The molecule has 2 aliphatic heterocycles. The van der Waals surface area contributed by atoms with Crippen LogP contribution in [0.1, 0.15) is 70.4 Å². The minimum absolute atomic E-state index is 0.0455. The molecule has 14 nitrogen and oxygen atoms in total. The fraction of sp³-hybridized carbons (Fsp3) is 0.459. The number of aliphatic hydroxyl groups is 1. The number of nitrogens with zero attached hydrogens (tertiary/aromatic N) is 7. The summed E-state index contributed by atoms with van der Waals surface area (Å²) < 4.78 is 5.11. The quantitative estimate of drug-likeness (QED) is 0.157. The molecule has 8 rings (SSSR count). The molecule has 2 unspecified atom stereocenters. The van der Waals surface area contributed by atoms with Crippen molar-refractivity contribution < 1.29 is 14.7 Å². The maximum atomic E-state index is 13.0. The summed E-state index contributed by atoms with van der Waals surface area (Å²) in [6.45, 7) is 4.64. The van der Waals surface area contributed by atoms with Crippen molar-refractivity contribution in [3.05, 3.63) is 63.8 Å². The minimum Gasteiger partial charge on any atom is -0.390 e. The predicted molar refractivity (Wildman–Crippen MR) is 200 cm³/mol. The number of hydrogen-bond donors (Lipinski definition) is 4. The van der Waals surface area contributed by atoms with E-state index < -0.39 is 11.5 Å². The van der Waals surface area contributed by atoms with Crippen LogP contribution in [-0.2, 0) is 30.2 Å². The lowest BCUT2D eigenvalue weighted by Crippen LogP contribution is -2.49. The van der Waals surface area contributed by atoms with Crippen molar-refractivity contribution in [1.29, 1.82) is 0 Å². The Morgan fingerprint density at radius 2 is 1.81 bits per heavy atom. The Morgan fingerprint density at radius 3 is 2.56 bits per heavy atom. The number of aryl methyl sites for hydroxylation is 3. The maximum Gasteiger partial charge on any atom is 0.328 e. The van der Waals surface area contributed by atoms with Crippen molar-refractivity contribution in [3.63, 3.8) is 0 Å². The third kappa shape index (κ3) is 6.27. The molecule has 3 fully saturated rings. The first-order chi connectivity index (χ1) is 24.8. The van der Waals surface area contributed by atoms with E-state index in [2.05, 4.69) is 37.0 Å². The van der Waals surface area contributed by atoms with E-state index in [1.807, 2.05) is 42.1 Å². The van der Waals surface area contributed by atoms with E-state index in [1.54, 1.807) is 36.2 Å². The van der Waals surface area contributed by atoms with E-state index in [-0.39, 0.29) is 29.1 Å². The van der Waals surface area contributed by atoms with Gasteiger partial charge in [0, 0.05) is 61.9 Å². The smallest absolute Gasteiger partial charge is 0.328 e. The van der Waals surface area contributed by atoms with Gasteiger partial charge in [0.25, 0.3) is 0 Å². The highest BCUT2D eigenvalue weighted by molar-refractivity contribution is 6.33. The number of rotatable bonds is 9. The van der Waals surface area contributed by atoms with Crippen molar-refractivity contribution >= 4 is 68.5 Å². The number of amides is 2. The third-order valence-electron chi connectivity index (χ3n) is 10.9. The Bertz CT molecular complexity index is 2300. The number of aromatic nitrogens is 6. The van der Waals surface area contributed by atoms with Crippen molar-refractivity contribution in [2.75, 3.05) is 22.1 Å². The fourth-order valence-corrected chi connectivity index (χ4v) is 8.01. The number of carbonyl (C=O) groups is 2. The zero-order valence-electron chi connectivity index (χ0n) is 29.7. The first-order valence-electron chi connectivity index (χ1n) is 17.8. The average molecular weight is 727 g/mol. The number of imide groups is 1. The van der Waals surface area contributed by atoms with E-state index in [0.717, 1.165) is 65.5 Å². The van der Waals surface area contributed by atoms with Gasteiger partial charge >= 0.3 is 5.69 Å². The molecular weight excluding hydrogens is 684 g/mol. The van der Waals surface area contributed by atoms with Gasteiger partial charge in [-0.1, -0.05) is 11.6 Å². The summed E-state index contributed by atoms with van der Waals surface area (Å²) in [5.74, 6) is 0.161. The van der Waals surface area contributed by atoms with Gasteiger partial charge in [-0.05, 0) is 88.8 Å². The van der Waals surface area contributed by atoms with Crippen LogP contribution < -0.4 is 26.5 Å². The van der Waals surface area contributed by atoms with Gasteiger partial charge in [0.15, 0.2) is 5.82 Å². The van der Waals surface area contributed by atoms with Crippen molar-refractivity contribution in [3.8, 4) is 0 Å². The standard InChI is InChI=1S/C37H43ClN10O4/c1-36(2,52)14-16-47-29-18-22(6-9-27(29)45(3)35(47)51)41-32-26(38)20-39-34(43-32)48-15-11-23(19-37(48)12-13-37)40-21-5-7-24-28(17-21)46(4)44-31(24)25-8-10-30(49)42-33(25)50/h5-7,9,17-18,20,23,25,40,52H,8,10-16,19H2,1-4H3,(H,39,41,43)(H,42,49,50). The maximum absolute atomic E-state index is 13.0. The Balaban J connectivity index is 0.978. The normalized spacial score (nSPS) is 20.2. The highest BCUT2D eigenvalue weighted by Gasteiger charge is 2.52. The van der Waals surface area contributed by atoms with E-state index in [1.165, 1.54) is 0 Å². The second kappa shape index (κ2) is 12.6. The molecule has 5 heterocycles. The van der Waals surface area contributed by atoms with Gasteiger partial charge in [0.2, 0.25) is 17.8 Å². The molecule has 4 N–H and O–H groups in total. The summed E-state index contributed by atoms with van der Waals surface area (Å²) in [5.41, 5.74) is 3.85. The SMILES string of the molecule is Cn1nc(C2CCC(=O)NC2=O)c2ccc(NC3CCN(c4ncc(Cl)c(Nc5ccc6c(c5)n(CCC(C)(C)O)c(=O)n6C)n4)C4(CC4)C3)cc21. The first-order valence-corrected chi connectivity index (χ1v) is 18.2. The highest BCUT2D eigenvalue weighted by atomic mass is 35.5. The minimum atomic E-state index is -0.898. The van der Waals surface area contributed by atoms with Crippen LogP contribution in [0.2, 0.25) is 5.02 Å². The van der Waals surface area contributed by atoms with Crippen LogP contribution in [0.25, 0.3) is 21.9 Å². The number of halogens is 1. The lowest BCUT2D eigenvalue weighted by Gasteiger charge is -2.41. The topological polar surface area (TPSA) is 164 Å². The number of hydrogen-bond acceptors (Lipinski definition) is 10. The van der Waals surface area contributed by atoms with E-state index >= 15 is 0 Å². The molecule has 3 aromatic heterocycles. The number of imidazole rings is 1. The van der Waals surface area contributed by atoms with Gasteiger partial charge in [-0.25, -0.2) is 9.78 Å². The molecule has 15 heteroatoms. The van der Waals surface area contributed by atoms with Crippen LogP contribution in [0, 0.1) is 0 Å². The van der Waals surface area contributed by atoms with Crippen molar-refractivity contribution in [2.24, 2.45) is 14.1 Å². The van der Waals surface area contributed by atoms with Gasteiger partial charge in [-0.3, -0.25) is 28.7 Å². The summed E-state index contributed by atoms with van der Waals surface area (Å²) in [5, 5.41) is 25.9. The van der Waals surface area contributed by atoms with Gasteiger partial charge in [0.05, 0.1) is 40.0 Å². The molecule has 1 saturated carbocycles. The van der Waals surface area contributed by atoms with E-state index in [9.17, 15) is 19.5 Å². The van der Waals surface area contributed by atoms with Crippen LogP contribution >= 0.6 is 11.6 Å². The number of anilines is 4. The van der Waals surface area contributed by atoms with Gasteiger partial charge in [0.1, 0.15) is 5.02 Å². The highest BCUT2D eigenvalue weighted by Crippen LogP contribution is 2.50. The molecule has 0 radical (unpaired) electrons. The van der Waals surface area contributed by atoms with Crippen LogP contribution in [0.3, 0.4) is 0 Å². The van der Waals surface area contributed by atoms with E-state index in [0.29, 0.717) is 48.3 Å². The Kier molecular flexibility index (Phi) is 8.29. The predicted octanol–water partition coefficient (Wildman–Crippen LogP) is 4.71. The molecule has 272 valence electrons. The largest absolute Gasteiger partial charge is 0.390 e. The van der Waals surface area contributed by atoms with Crippen LogP contribution in [0.15, 0.2) is 47.4 Å². The Labute approximate surface area is 305 Å². The summed E-state index contributed by atoms with van der Waals surface area (Å²) in [6.07, 6.45) is 6.75. The van der Waals surface area contributed by atoms with Gasteiger partial charge in [-0.15, -0.1) is 0 Å². The zero-order chi connectivity index (χ0) is 36.5. The Morgan fingerprint density at radius 1 is 1.04 bits per heavy atom. The molecule has 52 heavy (non-hydrogen) atoms. The van der Waals surface area contributed by atoms with Crippen LogP contribution in [-0.4, -0.2) is 69.5 Å². The van der Waals surface area contributed by atoms with E-state index in [4.69, 9.17) is 16.6 Å². The molecular formula is C37H43ClN10O4.